The monoisotopic (exact) mass is 332 g/mol. The molecule has 0 aromatic carbocycles. The van der Waals surface area contributed by atoms with Crippen LogP contribution in [0.2, 0.25) is 0 Å². The highest BCUT2D eigenvalue weighted by Gasteiger charge is 2.32. The minimum absolute atomic E-state index is 0.267. The predicted octanol–water partition coefficient (Wildman–Crippen LogP) is 1.81. The molecule has 1 aliphatic rings. The third-order valence-corrected chi connectivity index (χ3v) is 5.21. The highest BCUT2D eigenvalue weighted by Crippen LogP contribution is 2.25. The number of aliphatic hydroxyl groups excluding tert-OH is 1. The van der Waals surface area contributed by atoms with Crippen molar-refractivity contribution in [1.29, 1.82) is 0 Å². The van der Waals surface area contributed by atoms with E-state index < -0.39 is 0 Å². The number of rotatable bonds is 6. The number of aliphatic hydroxyl groups is 1. The average molecular weight is 332 g/mol. The highest BCUT2D eigenvalue weighted by atomic mass is 32.1. The maximum Gasteiger partial charge on any atom is 0.169 e. The van der Waals surface area contributed by atoms with Gasteiger partial charge >= 0.3 is 0 Å². The third kappa shape index (κ3) is 4.14. The van der Waals surface area contributed by atoms with E-state index in [9.17, 15) is 5.11 Å². The Kier molecular flexibility index (Phi) is 5.38. The number of hydrogen-bond acceptors (Lipinski definition) is 6. The van der Waals surface area contributed by atoms with Crippen LogP contribution in [0.1, 0.15) is 5.56 Å². The summed E-state index contributed by atoms with van der Waals surface area (Å²) in [6.07, 6.45) is 3.85. The molecule has 23 heavy (non-hydrogen) atoms. The van der Waals surface area contributed by atoms with Crippen molar-refractivity contribution in [3.8, 4) is 10.7 Å². The number of thiophene rings is 1. The van der Waals surface area contributed by atoms with Crippen LogP contribution in [0.3, 0.4) is 0 Å². The van der Waals surface area contributed by atoms with Crippen molar-refractivity contribution >= 4 is 11.3 Å². The summed E-state index contributed by atoms with van der Waals surface area (Å²) in [4.78, 5) is 14.7. The van der Waals surface area contributed by atoms with Crippen molar-refractivity contribution in [3.05, 3.63) is 35.5 Å². The molecule has 1 fully saturated rings. The minimum Gasteiger partial charge on any atom is -0.396 e. The Labute approximate surface area is 141 Å². The summed E-state index contributed by atoms with van der Waals surface area (Å²) in [5, 5.41) is 11.6. The van der Waals surface area contributed by atoms with Crippen molar-refractivity contribution in [2.24, 2.45) is 11.8 Å². The number of likely N-dealkylation sites (tertiary alicyclic amines) is 1. The van der Waals surface area contributed by atoms with Gasteiger partial charge in [0.1, 0.15) is 0 Å². The minimum atomic E-state index is 0.267. The van der Waals surface area contributed by atoms with Crippen LogP contribution in [-0.2, 0) is 6.54 Å². The number of aromatic nitrogens is 2. The summed E-state index contributed by atoms with van der Waals surface area (Å²) in [5.74, 6) is 1.69. The normalized spacial score (nSPS) is 22.1. The van der Waals surface area contributed by atoms with Crippen molar-refractivity contribution in [2.45, 2.75) is 6.54 Å². The van der Waals surface area contributed by atoms with Crippen LogP contribution in [0.15, 0.2) is 29.9 Å². The zero-order valence-corrected chi connectivity index (χ0v) is 14.5. The van der Waals surface area contributed by atoms with Crippen LogP contribution in [0.4, 0.5) is 0 Å². The number of nitrogens with zero attached hydrogens (tertiary/aromatic N) is 4. The smallest absolute Gasteiger partial charge is 0.169 e. The van der Waals surface area contributed by atoms with E-state index in [0.717, 1.165) is 42.4 Å². The first-order chi connectivity index (χ1) is 11.2. The molecule has 0 saturated carbocycles. The molecule has 6 heteroatoms. The van der Waals surface area contributed by atoms with E-state index in [1.54, 1.807) is 11.3 Å². The van der Waals surface area contributed by atoms with E-state index >= 15 is 0 Å². The van der Waals surface area contributed by atoms with E-state index in [0.29, 0.717) is 11.8 Å². The number of hydrogen-bond donors (Lipinski definition) is 1. The second-order valence-electron chi connectivity index (χ2n) is 6.55. The molecule has 1 N–H and O–H groups in total. The van der Waals surface area contributed by atoms with Gasteiger partial charge in [0.05, 0.1) is 4.88 Å². The summed E-state index contributed by atoms with van der Waals surface area (Å²) in [6.45, 7) is 4.11. The maximum atomic E-state index is 9.61. The summed E-state index contributed by atoms with van der Waals surface area (Å²) >= 11 is 1.66. The molecule has 0 spiro atoms. The first kappa shape index (κ1) is 16.5. The van der Waals surface area contributed by atoms with Gasteiger partial charge in [0.15, 0.2) is 5.82 Å². The molecule has 5 nitrogen and oxygen atoms in total. The lowest BCUT2D eigenvalue weighted by molar-refractivity contribution is 0.183. The molecule has 2 aromatic heterocycles. The van der Waals surface area contributed by atoms with E-state index in [1.165, 1.54) is 0 Å². The van der Waals surface area contributed by atoms with Crippen LogP contribution in [0, 0.1) is 11.8 Å². The fraction of sp³-hybridized carbons (Fsp3) is 0.529. The maximum absolute atomic E-state index is 9.61. The van der Waals surface area contributed by atoms with Gasteiger partial charge < -0.3 is 10.0 Å². The second-order valence-corrected chi connectivity index (χ2v) is 7.50. The standard InChI is InChI=1S/C17H24N4OS/c1-20(2)9-14-10-21(11-15(14)12-22)8-13-6-18-17(19-7-13)16-4-3-5-23-16/h3-7,14-15,22H,8-12H2,1-2H3/t14-,15-/m1/s1. The van der Waals surface area contributed by atoms with Gasteiger partial charge in [-0.3, -0.25) is 4.90 Å². The third-order valence-electron chi connectivity index (χ3n) is 4.34. The molecule has 3 heterocycles. The van der Waals surface area contributed by atoms with Crippen molar-refractivity contribution in [2.75, 3.05) is 40.3 Å². The van der Waals surface area contributed by atoms with Gasteiger partial charge in [0.2, 0.25) is 0 Å². The van der Waals surface area contributed by atoms with Gasteiger partial charge in [0, 0.05) is 50.7 Å². The quantitative estimate of drug-likeness (QED) is 0.874. The van der Waals surface area contributed by atoms with Gasteiger partial charge in [0.25, 0.3) is 0 Å². The lowest BCUT2D eigenvalue weighted by atomic mass is 9.97. The summed E-state index contributed by atoms with van der Waals surface area (Å²) < 4.78 is 0. The lowest BCUT2D eigenvalue weighted by Gasteiger charge is -2.20. The Morgan fingerprint density at radius 1 is 1.26 bits per heavy atom. The summed E-state index contributed by atoms with van der Waals surface area (Å²) in [7, 11) is 4.18. The molecule has 2 atom stereocenters. The van der Waals surface area contributed by atoms with Gasteiger partial charge in [-0.1, -0.05) is 6.07 Å². The lowest BCUT2D eigenvalue weighted by Crippen LogP contribution is -2.28. The van der Waals surface area contributed by atoms with Gasteiger partial charge in [-0.2, -0.15) is 0 Å². The Balaban J connectivity index is 1.61. The Hall–Kier alpha value is -1.34. The van der Waals surface area contributed by atoms with Crippen LogP contribution in [0.25, 0.3) is 10.7 Å². The SMILES string of the molecule is CN(C)C[C@@H]1CN(Cc2cnc(-c3cccs3)nc2)C[C@@H]1CO. The predicted molar refractivity (Wildman–Crippen MR) is 93.2 cm³/mol. The zero-order chi connectivity index (χ0) is 16.2. The van der Waals surface area contributed by atoms with Crippen LogP contribution in [-0.4, -0.2) is 65.2 Å². The van der Waals surface area contributed by atoms with Crippen LogP contribution in [0.5, 0.6) is 0 Å². The van der Waals surface area contributed by atoms with E-state index in [-0.39, 0.29) is 6.61 Å². The summed E-state index contributed by atoms with van der Waals surface area (Å²) in [5.41, 5.74) is 1.13. The highest BCUT2D eigenvalue weighted by molar-refractivity contribution is 7.13. The van der Waals surface area contributed by atoms with Crippen LogP contribution < -0.4 is 0 Å². The molecule has 1 aliphatic heterocycles. The average Bonchev–Trinajstić information content (AvgIpc) is 3.17. The fourth-order valence-corrected chi connectivity index (χ4v) is 3.95. The van der Waals surface area contributed by atoms with Gasteiger partial charge in [-0.25, -0.2) is 9.97 Å². The van der Waals surface area contributed by atoms with Crippen molar-refractivity contribution < 1.29 is 5.11 Å². The molecular weight excluding hydrogens is 308 g/mol. The first-order valence-corrected chi connectivity index (χ1v) is 8.86. The fourth-order valence-electron chi connectivity index (χ4n) is 3.28. The van der Waals surface area contributed by atoms with Crippen molar-refractivity contribution in [3.63, 3.8) is 0 Å². The molecule has 1 saturated heterocycles. The van der Waals surface area contributed by atoms with Crippen molar-refractivity contribution in [1.82, 2.24) is 19.8 Å². The first-order valence-electron chi connectivity index (χ1n) is 7.98. The van der Waals surface area contributed by atoms with E-state index in [2.05, 4.69) is 33.9 Å². The molecule has 0 bridgehead atoms. The summed E-state index contributed by atoms with van der Waals surface area (Å²) in [6, 6.07) is 4.05. The Morgan fingerprint density at radius 2 is 2.00 bits per heavy atom. The molecule has 2 aromatic rings. The molecule has 3 rings (SSSR count). The van der Waals surface area contributed by atoms with E-state index in [1.807, 2.05) is 29.9 Å². The second kappa shape index (κ2) is 7.49. The zero-order valence-electron chi connectivity index (χ0n) is 13.7. The molecule has 0 aliphatic carbocycles. The molecule has 0 radical (unpaired) electrons. The molecule has 124 valence electrons. The largest absolute Gasteiger partial charge is 0.396 e. The molecule has 0 unspecified atom stereocenters. The van der Waals surface area contributed by atoms with Gasteiger partial charge in [-0.05, 0) is 37.4 Å². The molecular formula is C17H24N4OS. The topological polar surface area (TPSA) is 52.5 Å². The van der Waals surface area contributed by atoms with Crippen LogP contribution >= 0.6 is 11.3 Å². The van der Waals surface area contributed by atoms with E-state index in [4.69, 9.17) is 0 Å². The molecule has 0 amide bonds. The Morgan fingerprint density at radius 3 is 2.61 bits per heavy atom. The Bertz CT molecular complexity index is 600. The van der Waals surface area contributed by atoms with Gasteiger partial charge in [-0.15, -0.1) is 11.3 Å².